The Morgan fingerprint density at radius 1 is 1.88 bits per heavy atom. The van der Waals surface area contributed by atoms with Crippen molar-refractivity contribution in [3.8, 4) is 0 Å². The van der Waals surface area contributed by atoms with Gasteiger partial charge in [-0.3, -0.25) is 0 Å². The number of aromatic nitrogens is 1. The van der Waals surface area contributed by atoms with Crippen molar-refractivity contribution in [2.75, 3.05) is 0 Å². The molecule has 0 amide bonds. The maximum atomic E-state index is 10.5. The molecule has 1 aromatic heterocycles. The fourth-order valence-electron chi connectivity index (χ4n) is 0.386. The molecule has 1 heterocycles. The van der Waals surface area contributed by atoms with Crippen LogP contribution < -0.4 is 0 Å². The van der Waals surface area contributed by atoms with Crippen LogP contribution in [0, 0.1) is 0 Å². The second-order valence-electron chi connectivity index (χ2n) is 1.43. The van der Waals surface area contributed by atoms with Gasteiger partial charge >= 0.3 is 52.7 Å². The van der Waals surface area contributed by atoms with Crippen LogP contribution in [-0.4, -0.2) is 25.3 Å². The Labute approximate surface area is 53.3 Å². The third kappa shape index (κ3) is 1.05. The summed E-state index contributed by atoms with van der Waals surface area (Å²) in [5.74, 6) is 0.0700. The van der Waals surface area contributed by atoms with E-state index in [9.17, 15) is 4.79 Å². The van der Waals surface area contributed by atoms with Crippen LogP contribution in [0.15, 0.2) is 10.0 Å². The summed E-state index contributed by atoms with van der Waals surface area (Å²) in [4.78, 5) is 16.2. The molecule has 0 atom stereocenters. The molecule has 0 aliphatic heterocycles. The van der Waals surface area contributed by atoms with Crippen molar-refractivity contribution in [1.82, 2.24) is 4.98 Å². The normalized spacial score (nSPS) is 9.12. The molecule has 2 nitrogen and oxygen atoms in total. The zero-order valence-corrected chi connectivity index (χ0v) is 6.13. The molecular weight excluding hydrogens is 169 g/mol. The Morgan fingerprint density at radius 3 is 2.88 bits per heavy atom. The van der Waals surface area contributed by atoms with E-state index in [-0.39, 0.29) is 5.78 Å². The fraction of sp³-hybridized carbons (Fsp3) is 0.200. The molecule has 0 saturated carbocycles. The van der Waals surface area contributed by atoms with Gasteiger partial charge in [0.05, 0.1) is 0 Å². The number of carbonyl (C=O) groups is 1. The van der Waals surface area contributed by atoms with Crippen molar-refractivity contribution in [3.63, 3.8) is 0 Å². The Hall–Kier alpha value is -0.401. The van der Waals surface area contributed by atoms with Gasteiger partial charge in [-0.1, -0.05) is 0 Å². The standard InChI is InChI=1S/C5H5NOSe/c1-4(7)5-2-8-3-6-5/h2-3H,1H3. The SMILES string of the molecule is CC(=O)c1c[se]cn1. The van der Waals surface area contributed by atoms with Gasteiger partial charge in [0.15, 0.2) is 0 Å². The monoisotopic (exact) mass is 175 g/mol. The summed E-state index contributed by atoms with van der Waals surface area (Å²) >= 11 is 0.348. The fourth-order valence-corrected chi connectivity index (χ4v) is 1.63. The van der Waals surface area contributed by atoms with Crippen molar-refractivity contribution in [2.24, 2.45) is 0 Å². The molecule has 0 aromatic carbocycles. The number of nitrogens with zero attached hydrogens (tertiary/aromatic N) is 1. The van der Waals surface area contributed by atoms with Crippen LogP contribution in [-0.2, 0) is 0 Å². The molecule has 3 heteroatoms. The van der Waals surface area contributed by atoms with E-state index in [2.05, 4.69) is 4.98 Å². The van der Waals surface area contributed by atoms with Crippen LogP contribution in [0.3, 0.4) is 0 Å². The third-order valence-electron chi connectivity index (χ3n) is 0.793. The third-order valence-corrected chi connectivity index (χ3v) is 2.02. The molecule has 0 saturated heterocycles. The van der Waals surface area contributed by atoms with Crippen molar-refractivity contribution >= 4 is 20.3 Å². The Morgan fingerprint density at radius 2 is 2.62 bits per heavy atom. The van der Waals surface area contributed by atoms with Crippen LogP contribution in [0.2, 0.25) is 0 Å². The summed E-state index contributed by atoms with van der Waals surface area (Å²) in [5.41, 5.74) is 0.630. The zero-order chi connectivity index (χ0) is 5.98. The first-order chi connectivity index (χ1) is 3.80. The van der Waals surface area contributed by atoms with Crippen LogP contribution in [0.1, 0.15) is 17.4 Å². The predicted octanol–water partition coefficient (Wildman–Crippen LogP) is 0.341. The predicted molar refractivity (Wildman–Crippen MR) is 31.2 cm³/mol. The van der Waals surface area contributed by atoms with Gasteiger partial charge in [0.25, 0.3) is 0 Å². The number of hydrogen-bond donors (Lipinski definition) is 0. The molecule has 0 spiro atoms. The Balaban J connectivity index is 2.93. The zero-order valence-electron chi connectivity index (χ0n) is 4.42. The van der Waals surface area contributed by atoms with Gasteiger partial charge in [0, 0.05) is 0 Å². The van der Waals surface area contributed by atoms with E-state index in [0.717, 1.165) is 0 Å². The summed E-state index contributed by atoms with van der Waals surface area (Å²) in [7, 11) is 0. The number of hydrogen-bond acceptors (Lipinski definition) is 2. The Bertz CT molecular complexity index is 180. The second-order valence-corrected chi connectivity index (χ2v) is 2.94. The molecular formula is C5H5NOSe. The molecule has 0 fully saturated rings. The van der Waals surface area contributed by atoms with Gasteiger partial charge in [-0.05, 0) is 0 Å². The molecule has 0 unspecified atom stereocenters. The van der Waals surface area contributed by atoms with Crippen LogP contribution >= 0.6 is 0 Å². The summed E-state index contributed by atoms with van der Waals surface area (Å²) < 4.78 is 0. The molecule has 1 rings (SSSR count). The quantitative estimate of drug-likeness (QED) is 0.454. The minimum atomic E-state index is 0.0700. The van der Waals surface area contributed by atoms with E-state index in [0.29, 0.717) is 20.2 Å². The summed E-state index contributed by atoms with van der Waals surface area (Å²) in [6.45, 7) is 1.53. The number of Topliss-reactive ketones (excluding diaryl/α,β-unsaturated/α-hetero) is 1. The number of rotatable bonds is 1. The molecule has 0 radical (unpaired) electrons. The summed E-state index contributed by atoms with van der Waals surface area (Å²) in [5, 5.41) is 1.80. The van der Waals surface area contributed by atoms with E-state index in [1.165, 1.54) is 6.92 Å². The molecule has 8 heavy (non-hydrogen) atoms. The number of carbonyl (C=O) groups excluding carboxylic acids is 1. The van der Waals surface area contributed by atoms with Gasteiger partial charge in [0.1, 0.15) is 0 Å². The van der Waals surface area contributed by atoms with Crippen molar-refractivity contribution in [3.05, 3.63) is 15.7 Å². The van der Waals surface area contributed by atoms with Crippen LogP contribution in [0.25, 0.3) is 0 Å². The average molecular weight is 174 g/mol. The molecule has 0 N–H and O–H groups in total. The van der Waals surface area contributed by atoms with Crippen molar-refractivity contribution in [2.45, 2.75) is 6.92 Å². The maximum absolute atomic E-state index is 10.5. The first-order valence-corrected chi connectivity index (χ1v) is 4.17. The molecule has 0 bridgehead atoms. The van der Waals surface area contributed by atoms with Gasteiger partial charge < -0.3 is 0 Å². The first-order valence-electron chi connectivity index (χ1n) is 2.20. The molecule has 0 aliphatic rings. The second kappa shape index (κ2) is 2.25. The van der Waals surface area contributed by atoms with Crippen molar-refractivity contribution in [1.29, 1.82) is 0 Å². The summed E-state index contributed by atoms with van der Waals surface area (Å²) in [6.07, 6.45) is 0. The van der Waals surface area contributed by atoms with Gasteiger partial charge in [-0.2, -0.15) is 0 Å². The van der Waals surface area contributed by atoms with Crippen LogP contribution in [0.4, 0.5) is 0 Å². The molecule has 0 aliphatic carbocycles. The van der Waals surface area contributed by atoms with Gasteiger partial charge in [0.2, 0.25) is 0 Å². The topological polar surface area (TPSA) is 30.0 Å². The van der Waals surface area contributed by atoms with Crippen molar-refractivity contribution < 1.29 is 4.79 Å². The van der Waals surface area contributed by atoms with E-state index < -0.39 is 0 Å². The molecule has 1 aromatic rings. The van der Waals surface area contributed by atoms with Crippen LogP contribution in [0.5, 0.6) is 0 Å². The van der Waals surface area contributed by atoms with Gasteiger partial charge in [-0.25, -0.2) is 0 Å². The number of ketones is 1. The Kier molecular flexibility index (Phi) is 1.61. The van der Waals surface area contributed by atoms with E-state index in [1.54, 1.807) is 5.07 Å². The summed E-state index contributed by atoms with van der Waals surface area (Å²) in [6, 6.07) is 0. The van der Waals surface area contributed by atoms with E-state index >= 15 is 0 Å². The average Bonchev–Trinajstić information content (AvgIpc) is 2.12. The van der Waals surface area contributed by atoms with E-state index in [4.69, 9.17) is 0 Å². The minimum absolute atomic E-state index is 0.0700. The first kappa shape index (κ1) is 5.73. The van der Waals surface area contributed by atoms with Gasteiger partial charge in [-0.15, -0.1) is 0 Å². The van der Waals surface area contributed by atoms with E-state index in [1.807, 2.05) is 4.94 Å². The molecule has 42 valence electrons.